The molecule has 0 saturated carbocycles. The molecule has 110 valence electrons. The molecular weight excluding hydrogens is 297 g/mol. The van der Waals surface area contributed by atoms with E-state index >= 15 is 0 Å². The lowest BCUT2D eigenvalue weighted by Crippen LogP contribution is -2.18. The fourth-order valence-corrected chi connectivity index (χ4v) is 2.40. The summed E-state index contributed by atoms with van der Waals surface area (Å²) in [6.45, 7) is 0. The molecule has 1 nitrogen and oxygen atoms in total. The van der Waals surface area contributed by atoms with Crippen molar-refractivity contribution in [1.29, 1.82) is 0 Å². The zero-order valence-electron chi connectivity index (χ0n) is 11.0. The van der Waals surface area contributed by atoms with Gasteiger partial charge in [0.05, 0.1) is 5.75 Å². The normalized spacial score (nSPS) is 12.7. The van der Waals surface area contributed by atoms with E-state index in [9.17, 15) is 17.4 Å². The van der Waals surface area contributed by atoms with Gasteiger partial charge in [0.1, 0.15) is 10.8 Å². The lowest BCUT2D eigenvalue weighted by Gasteiger charge is -2.09. The van der Waals surface area contributed by atoms with Crippen molar-refractivity contribution < 1.29 is 17.4 Å². The van der Waals surface area contributed by atoms with E-state index in [1.54, 1.807) is 0 Å². The average Bonchev–Trinajstić information content (AvgIpc) is 2.48. The number of hydrogen-bond acceptors (Lipinski definition) is 1. The Bertz CT molecular complexity index is 592. The van der Waals surface area contributed by atoms with Crippen molar-refractivity contribution >= 4 is 16.4 Å². The van der Waals surface area contributed by atoms with Gasteiger partial charge in [0.2, 0.25) is 0 Å². The summed E-state index contributed by atoms with van der Waals surface area (Å²) >= 11 is 0. The van der Waals surface area contributed by atoms with Crippen molar-refractivity contribution in [3.63, 3.8) is 0 Å². The van der Waals surface area contributed by atoms with Crippen LogP contribution in [-0.4, -0.2) is 15.5 Å². The van der Waals surface area contributed by atoms with Crippen LogP contribution in [0.4, 0.5) is 13.2 Å². The monoisotopic (exact) mass is 310 g/mol. The Morgan fingerprint density at radius 1 is 0.905 bits per heavy atom. The van der Waals surface area contributed by atoms with Gasteiger partial charge < -0.3 is 0 Å². The second-order valence-corrected chi connectivity index (χ2v) is 5.80. The van der Waals surface area contributed by atoms with Crippen molar-refractivity contribution in [3.05, 3.63) is 77.9 Å². The third-order valence-corrected chi connectivity index (χ3v) is 3.85. The van der Waals surface area contributed by atoms with Gasteiger partial charge in [-0.25, -0.2) is 0 Å². The van der Waals surface area contributed by atoms with E-state index in [0.29, 0.717) is 5.57 Å². The fourth-order valence-electron chi connectivity index (χ4n) is 1.89. The number of alkyl halides is 3. The van der Waals surface area contributed by atoms with Gasteiger partial charge in [-0.2, -0.15) is 13.2 Å². The van der Waals surface area contributed by atoms with E-state index in [-0.39, 0.29) is 0 Å². The second-order valence-electron chi connectivity index (χ2n) is 4.31. The molecule has 2 aromatic carbocycles. The van der Waals surface area contributed by atoms with Gasteiger partial charge >= 0.3 is 5.51 Å². The van der Waals surface area contributed by atoms with E-state index in [2.05, 4.69) is 0 Å². The van der Waals surface area contributed by atoms with Crippen LogP contribution in [0.3, 0.4) is 0 Å². The summed E-state index contributed by atoms with van der Waals surface area (Å²) in [5.74, 6) is -0.553. The molecule has 0 aliphatic rings. The van der Waals surface area contributed by atoms with Gasteiger partial charge in [-0.1, -0.05) is 66.7 Å². The topological polar surface area (TPSA) is 17.1 Å². The Morgan fingerprint density at radius 3 is 1.71 bits per heavy atom. The van der Waals surface area contributed by atoms with Crippen LogP contribution in [0.2, 0.25) is 0 Å². The molecule has 2 rings (SSSR count). The van der Waals surface area contributed by atoms with Crippen molar-refractivity contribution in [2.45, 2.75) is 5.51 Å². The molecule has 0 radical (unpaired) electrons. The minimum absolute atomic E-state index is 0.553. The van der Waals surface area contributed by atoms with Gasteiger partial charge in [0.15, 0.2) is 0 Å². The number of rotatable bonds is 4. The first-order chi connectivity index (χ1) is 9.98. The van der Waals surface area contributed by atoms with Gasteiger partial charge in [0, 0.05) is 0 Å². The summed E-state index contributed by atoms with van der Waals surface area (Å²) in [6.07, 6.45) is 1.38. The second kappa shape index (κ2) is 6.72. The predicted octanol–water partition coefficient (Wildman–Crippen LogP) is 4.39. The van der Waals surface area contributed by atoms with Crippen LogP contribution in [0.15, 0.2) is 66.7 Å². The van der Waals surface area contributed by atoms with Gasteiger partial charge in [0.25, 0.3) is 0 Å². The average molecular weight is 310 g/mol. The van der Waals surface area contributed by atoms with E-state index < -0.39 is 22.1 Å². The first-order valence-corrected chi connectivity index (χ1v) is 7.56. The molecular formula is C16H13F3OS. The van der Waals surface area contributed by atoms with Crippen molar-refractivity contribution in [2.75, 3.05) is 5.75 Å². The highest BCUT2D eigenvalue weighted by Gasteiger charge is 2.35. The molecule has 1 atom stereocenters. The Labute approximate surface area is 123 Å². The maximum atomic E-state index is 12.4. The largest absolute Gasteiger partial charge is 0.471 e. The van der Waals surface area contributed by atoms with Gasteiger partial charge in [-0.15, -0.1) is 0 Å². The summed E-state index contributed by atoms with van der Waals surface area (Å²) in [7, 11) is -2.88. The van der Waals surface area contributed by atoms with Crippen LogP contribution in [0.1, 0.15) is 11.1 Å². The highest BCUT2D eigenvalue weighted by Crippen LogP contribution is 2.25. The Hall–Kier alpha value is -1.88. The predicted molar refractivity (Wildman–Crippen MR) is 79.0 cm³/mol. The zero-order chi connectivity index (χ0) is 15.3. The van der Waals surface area contributed by atoms with Crippen molar-refractivity contribution in [2.24, 2.45) is 0 Å². The molecule has 0 amide bonds. The zero-order valence-corrected chi connectivity index (χ0v) is 11.8. The molecule has 0 spiro atoms. The standard InChI is InChI=1S/C16H13F3OS/c17-16(18,19)21(20)12-11-15(13-7-3-1-4-8-13)14-9-5-2-6-10-14/h1-11H,12H2. The summed E-state index contributed by atoms with van der Waals surface area (Å²) in [5, 5.41) is 0. The molecule has 21 heavy (non-hydrogen) atoms. The summed E-state index contributed by atoms with van der Waals surface area (Å²) in [6, 6.07) is 18.2. The lowest BCUT2D eigenvalue weighted by molar-refractivity contribution is -0.0382. The molecule has 0 aliphatic carbocycles. The third kappa shape index (κ3) is 4.29. The van der Waals surface area contributed by atoms with Crippen molar-refractivity contribution in [3.8, 4) is 0 Å². The van der Waals surface area contributed by atoms with Crippen molar-refractivity contribution in [1.82, 2.24) is 0 Å². The number of hydrogen-bond donors (Lipinski definition) is 0. The molecule has 0 aliphatic heterocycles. The van der Waals surface area contributed by atoms with Crippen LogP contribution in [0.5, 0.6) is 0 Å². The minimum atomic E-state index is -4.69. The summed E-state index contributed by atoms with van der Waals surface area (Å²) < 4.78 is 48.3. The summed E-state index contributed by atoms with van der Waals surface area (Å²) in [4.78, 5) is 0. The van der Waals surface area contributed by atoms with E-state index in [0.717, 1.165) is 11.1 Å². The van der Waals surface area contributed by atoms with Gasteiger partial charge in [-0.05, 0) is 16.7 Å². The van der Waals surface area contributed by atoms with Gasteiger partial charge in [-0.3, -0.25) is 4.21 Å². The Balaban J connectivity index is 2.36. The molecule has 1 unspecified atom stereocenters. The lowest BCUT2D eigenvalue weighted by atomic mass is 9.98. The number of benzene rings is 2. The third-order valence-electron chi connectivity index (χ3n) is 2.87. The molecule has 0 heterocycles. The van der Waals surface area contributed by atoms with Crippen LogP contribution >= 0.6 is 0 Å². The molecule has 0 aromatic heterocycles. The first kappa shape index (κ1) is 15.5. The highest BCUT2D eigenvalue weighted by molar-refractivity contribution is 7.86. The highest BCUT2D eigenvalue weighted by atomic mass is 32.2. The first-order valence-electron chi connectivity index (χ1n) is 6.24. The molecule has 0 N–H and O–H groups in total. The minimum Gasteiger partial charge on any atom is -0.250 e. The maximum absolute atomic E-state index is 12.4. The van der Waals surface area contributed by atoms with Crippen LogP contribution < -0.4 is 0 Å². The molecule has 0 bridgehead atoms. The molecule has 2 aromatic rings. The molecule has 5 heteroatoms. The van der Waals surface area contributed by atoms with Crippen LogP contribution in [-0.2, 0) is 10.8 Å². The fraction of sp³-hybridized carbons (Fsp3) is 0.125. The van der Waals surface area contributed by atoms with E-state index in [1.165, 1.54) is 6.08 Å². The Morgan fingerprint density at radius 2 is 1.33 bits per heavy atom. The smallest absolute Gasteiger partial charge is 0.250 e. The number of halogens is 3. The maximum Gasteiger partial charge on any atom is 0.471 e. The quantitative estimate of drug-likeness (QED) is 0.818. The van der Waals surface area contributed by atoms with E-state index in [4.69, 9.17) is 0 Å². The molecule has 0 saturated heterocycles. The van der Waals surface area contributed by atoms with Crippen LogP contribution in [0, 0.1) is 0 Å². The molecule has 0 fully saturated rings. The van der Waals surface area contributed by atoms with Crippen LogP contribution in [0.25, 0.3) is 5.57 Å². The Kier molecular flexibility index (Phi) is 4.96. The SMILES string of the molecule is O=S(CC=C(c1ccccc1)c1ccccc1)C(F)(F)F. The van der Waals surface area contributed by atoms with E-state index in [1.807, 2.05) is 60.7 Å². The summed E-state index contributed by atoms with van der Waals surface area (Å²) in [5.41, 5.74) is -2.45.